The zero-order valence-electron chi connectivity index (χ0n) is 17.2. The molecule has 0 fully saturated rings. The zero-order chi connectivity index (χ0) is 18.9. The Bertz CT molecular complexity index is 930. The minimum atomic E-state index is -1.35. The van der Waals surface area contributed by atoms with Crippen molar-refractivity contribution in [1.29, 1.82) is 0 Å². The van der Waals surface area contributed by atoms with E-state index < -0.39 is 8.07 Å². The summed E-state index contributed by atoms with van der Waals surface area (Å²) in [6, 6.07) is 20.3. The summed E-state index contributed by atoms with van der Waals surface area (Å²) in [5, 5.41) is 4.36. The van der Waals surface area contributed by atoms with Crippen molar-refractivity contribution in [2.24, 2.45) is 7.05 Å². The second-order valence-electron chi connectivity index (χ2n) is 7.74. The van der Waals surface area contributed by atoms with E-state index in [1.165, 1.54) is 51.3 Å². The van der Waals surface area contributed by atoms with E-state index in [1.807, 2.05) is 0 Å². The molecule has 0 bridgehead atoms. The molecule has 0 amide bonds. The van der Waals surface area contributed by atoms with Crippen LogP contribution in [0.25, 0.3) is 22.0 Å². The molecule has 0 saturated heterocycles. The van der Waals surface area contributed by atoms with Gasteiger partial charge in [0.25, 0.3) is 0 Å². The molecule has 3 rings (SSSR count). The van der Waals surface area contributed by atoms with Gasteiger partial charge in [-0.05, 0) is 36.9 Å². The first kappa shape index (κ1) is 18.8. The molecule has 3 aromatic rings. The van der Waals surface area contributed by atoms with Gasteiger partial charge in [0.1, 0.15) is 7.05 Å². The topological polar surface area (TPSA) is 3.88 Å². The highest BCUT2D eigenvalue weighted by atomic mass is 28.3. The Morgan fingerprint density at radius 3 is 2.19 bits per heavy atom. The van der Waals surface area contributed by atoms with Crippen LogP contribution >= 0.6 is 0 Å². The lowest BCUT2D eigenvalue weighted by Gasteiger charge is -2.29. The van der Waals surface area contributed by atoms with E-state index in [4.69, 9.17) is 0 Å². The van der Waals surface area contributed by atoms with Crippen LogP contribution in [0.1, 0.15) is 31.9 Å². The SMILES string of the molecule is CC[Si](CC)(CC)c1ccc2c(-c3cc(C)ccc3C)[n+](C)ccc2c1. The predicted octanol–water partition coefficient (Wildman–Crippen LogP) is 5.66. The van der Waals surface area contributed by atoms with E-state index >= 15 is 0 Å². The van der Waals surface area contributed by atoms with Crippen molar-refractivity contribution in [3.8, 4) is 11.3 Å². The number of benzene rings is 2. The number of nitrogens with zero attached hydrogens (tertiary/aromatic N) is 1. The number of fused-ring (bicyclic) bond motifs is 1. The highest BCUT2D eigenvalue weighted by Crippen LogP contribution is 2.29. The molecule has 1 nitrogen and oxygen atoms in total. The normalized spacial score (nSPS) is 11.9. The fourth-order valence-electron chi connectivity index (χ4n) is 4.39. The molecule has 2 aromatic carbocycles. The minimum absolute atomic E-state index is 1.31. The van der Waals surface area contributed by atoms with Crippen molar-refractivity contribution in [3.63, 3.8) is 0 Å². The van der Waals surface area contributed by atoms with E-state index in [0.717, 1.165) is 0 Å². The van der Waals surface area contributed by atoms with Crippen molar-refractivity contribution >= 4 is 24.0 Å². The molecule has 1 aromatic heterocycles. The van der Waals surface area contributed by atoms with Crippen molar-refractivity contribution in [2.75, 3.05) is 0 Å². The first-order valence-electron chi connectivity index (χ1n) is 9.96. The summed E-state index contributed by atoms with van der Waals surface area (Å²) in [5.41, 5.74) is 5.32. The molecule has 0 aliphatic heterocycles. The average Bonchev–Trinajstić information content (AvgIpc) is 2.66. The molecule has 136 valence electrons. The van der Waals surface area contributed by atoms with E-state index in [0.29, 0.717) is 0 Å². The van der Waals surface area contributed by atoms with Gasteiger partial charge >= 0.3 is 0 Å². The van der Waals surface area contributed by atoms with Crippen LogP contribution in [-0.2, 0) is 7.05 Å². The van der Waals surface area contributed by atoms with Crippen LogP contribution in [0.2, 0.25) is 18.1 Å². The summed E-state index contributed by atoms with van der Waals surface area (Å²) in [6.45, 7) is 11.5. The smallest absolute Gasteiger partial charge is 0.200 e. The van der Waals surface area contributed by atoms with Crippen LogP contribution in [-0.4, -0.2) is 8.07 Å². The third-order valence-corrected chi connectivity index (χ3v) is 12.0. The second kappa shape index (κ2) is 7.36. The Kier molecular flexibility index (Phi) is 5.33. The van der Waals surface area contributed by atoms with Crippen LogP contribution in [0, 0.1) is 13.8 Å². The van der Waals surface area contributed by atoms with Crippen molar-refractivity contribution in [2.45, 2.75) is 52.8 Å². The highest BCUT2D eigenvalue weighted by molar-refractivity contribution is 6.91. The molecule has 0 unspecified atom stereocenters. The molecular formula is C24H32NSi+. The first-order chi connectivity index (χ1) is 12.5. The standard InChI is InChI=1S/C24H32NSi/c1-7-26(8-2,9-3)21-12-13-22-20(17-21)14-15-25(6)24(22)23-16-18(4)10-11-19(23)5/h10-17H,7-9H2,1-6H3/q+1. The molecule has 0 aliphatic carbocycles. The van der Waals surface area contributed by atoms with Crippen LogP contribution < -0.4 is 9.75 Å². The Labute approximate surface area is 159 Å². The van der Waals surface area contributed by atoms with Crippen LogP contribution in [0.3, 0.4) is 0 Å². The first-order valence-corrected chi connectivity index (χ1v) is 12.6. The summed E-state index contributed by atoms with van der Waals surface area (Å²) < 4.78 is 2.27. The van der Waals surface area contributed by atoms with Crippen molar-refractivity contribution < 1.29 is 4.57 Å². The Morgan fingerprint density at radius 2 is 1.54 bits per heavy atom. The third kappa shape index (κ3) is 3.12. The van der Waals surface area contributed by atoms with E-state index in [1.54, 1.807) is 5.19 Å². The predicted molar refractivity (Wildman–Crippen MR) is 117 cm³/mol. The van der Waals surface area contributed by atoms with E-state index in [-0.39, 0.29) is 0 Å². The van der Waals surface area contributed by atoms with E-state index in [2.05, 4.69) is 94.9 Å². The van der Waals surface area contributed by atoms with Gasteiger partial charge < -0.3 is 0 Å². The summed E-state index contributed by atoms with van der Waals surface area (Å²) in [5.74, 6) is 0. The number of pyridine rings is 1. The highest BCUT2D eigenvalue weighted by Gasteiger charge is 2.29. The molecule has 26 heavy (non-hydrogen) atoms. The second-order valence-corrected chi connectivity index (χ2v) is 13.0. The monoisotopic (exact) mass is 362 g/mol. The summed E-state index contributed by atoms with van der Waals surface area (Å²) >= 11 is 0. The van der Waals surface area contributed by atoms with Crippen molar-refractivity contribution in [1.82, 2.24) is 0 Å². The molecule has 0 saturated carbocycles. The van der Waals surface area contributed by atoms with Gasteiger partial charge in [-0.1, -0.05) is 73.9 Å². The number of aromatic nitrogens is 1. The van der Waals surface area contributed by atoms with Crippen LogP contribution in [0.15, 0.2) is 48.7 Å². The summed E-state index contributed by atoms with van der Waals surface area (Å²) in [6.07, 6.45) is 2.22. The maximum Gasteiger partial charge on any atom is 0.220 e. The van der Waals surface area contributed by atoms with Gasteiger partial charge in [-0.2, -0.15) is 0 Å². The van der Waals surface area contributed by atoms with Gasteiger partial charge in [0.2, 0.25) is 5.69 Å². The van der Waals surface area contributed by atoms with Crippen LogP contribution in [0.5, 0.6) is 0 Å². The van der Waals surface area contributed by atoms with Crippen molar-refractivity contribution in [3.05, 3.63) is 59.8 Å². The summed E-state index contributed by atoms with van der Waals surface area (Å²) in [7, 11) is 0.813. The van der Waals surface area contributed by atoms with Gasteiger partial charge in [-0.15, -0.1) is 0 Å². The number of hydrogen-bond donors (Lipinski definition) is 0. The zero-order valence-corrected chi connectivity index (χ0v) is 18.2. The Hall–Kier alpha value is -1.93. The molecule has 1 heterocycles. The van der Waals surface area contributed by atoms with E-state index in [9.17, 15) is 0 Å². The largest absolute Gasteiger partial charge is 0.220 e. The number of hydrogen-bond acceptors (Lipinski definition) is 0. The number of aryl methyl sites for hydroxylation is 3. The molecule has 0 aliphatic rings. The lowest BCUT2D eigenvalue weighted by molar-refractivity contribution is -0.659. The van der Waals surface area contributed by atoms with Gasteiger partial charge in [0.05, 0.1) is 13.5 Å². The minimum Gasteiger partial charge on any atom is -0.200 e. The summed E-state index contributed by atoms with van der Waals surface area (Å²) in [4.78, 5) is 0. The molecule has 0 atom stereocenters. The third-order valence-electron chi connectivity index (χ3n) is 6.43. The average molecular weight is 363 g/mol. The molecule has 0 spiro atoms. The quantitative estimate of drug-likeness (QED) is 0.407. The molecular weight excluding hydrogens is 330 g/mol. The molecule has 0 radical (unpaired) electrons. The lowest BCUT2D eigenvalue weighted by atomic mass is 9.98. The maximum atomic E-state index is 2.49. The molecule has 0 N–H and O–H groups in total. The fraction of sp³-hybridized carbons (Fsp3) is 0.375. The van der Waals surface area contributed by atoms with Gasteiger partial charge in [0, 0.05) is 11.6 Å². The fourth-order valence-corrected chi connectivity index (χ4v) is 8.01. The van der Waals surface area contributed by atoms with Gasteiger partial charge in [0.15, 0.2) is 6.20 Å². The van der Waals surface area contributed by atoms with Gasteiger partial charge in [-0.3, -0.25) is 0 Å². The maximum absolute atomic E-state index is 2.49. The van der Waals surface area contributed by atoms with Crippen LogP contribution in [0.4, 0.5) is 0 Å². The lowest BCUT2D eigenvalue weighted by Crippen LogP contribution is -2.45. The Morgan fingerprint density at radius 1 is 0.846 bits per heavy atom. The Balaban J connectivity index is 2.27. The number of rotatable bonds is 5. The molecule has 2 heteroatoms. The van der Waals surface area contributed by atoms with Gasteiger partial charge in [-0.25, -0.2) is 4.57 Å².